The number of hydrogen-bond acceptors (Lipinski definition) is 15. The second-order valence-electron chi connectivity index (χ2n) is 15.4. The number of aromatic nitrogens is 8. The van der Waals surface area contributed by atoms with Gasteiger partial charge in [-0.05, 0) is 71.3 Å². The highest BCUT2D eigenvalue weighted by Gasteiger charge is 2.30. The van der Waals surface area contributed by atoms with Gasteiger partial charge in [-0.15, -0.1) is 0 Å². The van der Waals surface area contributed by atoms with E-state index < -0.39 is 23.6 Å². The third kappa shape index (κ3) is 11.2. The molecule has 0 saturated carbocycles. The first-order valence-corrected chi connectivity index (χ1v) is 21.0. The summed E-state index contributed by atoms with van der Waals surface area (Å²) in [6.07, 6.45) is 5.43. The predicted molar refractivity (Wildman–Crippen MR) is 255 cm³/mol. The summed E-state index contributed by atoms with van der Waals surface area (Å²) >= 11 is 0. The minimum atomic E-state index is -4.50. The molecule has 72 heavy (non-hydrogen) atoms. The van der Waals surface area contributed by atoms with Crippen LogP contribution in [0.25, 0.3) is 28.3 Å². The summed E-state index contributed by atoms with van der Waals surface area (Å²) in [5.74, 6) is -0.724. The van der Waals surface area contributed by atoms with Crippen LogP contribution in [0.15, 0.2) is 146 Å². The lowest BCUT2D eigenvalue weighted by atomic mass is 10.0. The highest BCUT2D eigenvalue weighted by molar-refractivity contribution is 6.10. The lowest BCUT2D eigenvalue weighted by Crippen LogP contribution is -2.13. The highest BCUT2D eigenvalue weighted by atomic mass is 19.4. The van der Waals surface area contributed by atoms with E-state index in [4.69, 9.17) is 26.2 Å². The Bertz CT molecular complexity index is 3580. The van der Waals surface area contributed by atoms with Crippen molar-refractivity contribution in [1.82, 2.24) is 39.5 Å². The standard InChI is InChI=1S/C50H34F3N15O4/c1-29(18-54)46(69)65-38-7-3-9-40(16-38)71-49-43(45(58)60-28-62-49)36-22-64-68(26-36)24-34-14-30(11-12-32(34)19-55)13-33(20-56)47(70)66-39-8-4-10-41(17-39)72-48-42(44(57)59-27-61-48)35-21-63-67(25-35)23-31-5-2-6-37(15-31)50(51,52)53/h2-17,21-22,25-28H,1,23-24H2,(H,65,69)(H,66,70)(H2,57,59,61)(H2,58,60,62)/b33-13+. The van der Waals surface area contributed by atoms with Gasteiger partial charge in [-0.2, -0.15) is 39.2 Å². The number of carbonyl (C=O) groups excluding carboxylic acids is 2. The Kier molecular flexibility index (Phi) is 13.7. The molecule has 0 bridgehead atoms. The van der Waals surface area contributed by atoms with Gasteiger partial charge in [0, 0.05) is 47.0 Å². The Morgan fingerprint density at radius 2 is 1.28 bits per heavy atom. The van der Waals surface area contributed by atoms with Crippen LogP contribution in [0.4, 0.5) is 36.2 Å². The fourth-order valence-corrected chi connectivity index (χ4v) is 7.04. The second kappa shape index (κ2) is 20.7. The van der Waals surface area contributed by atoms with Crippen molar-refractivity contribution in [3.05, 3.63) is 174 Å². The third-order valence-electron chi connectivity index (χ3n) is 10.4. The van der Waals surface area contributed by atoms with Crippen molar-refractivity contribution < 1.29 is 32.2 Å². The maximum atomic E-state index is 13.5. The number of rotatable bonds is 15. The van der Waals surface area contributed by atoms with Crippen LogP contribution < -0.4 is 31.6 Å². The summed E-state index contributed by atoms with van der Waals surface area (Å²) in [5, 5.41) is 43.1. The van der Waals surface area contributed by atoms with Crippen molar-refractivity contribution in [2.45, 2.75) is 19.3 Å². The van der Waals surface area contributed by atoms with Crippen LogP contribution in [0.1, 0.15) is 27.8 Å². The fraction of sp³-hybridized carbons (Fsp3) is 0.0600. The van der Waals surface area contributed by atoms with Crippen LogP contribution in [0, 0.1) is 34.0 Å². The molecule has 4 aromatic heterocycles. The number of ether oxygens (including phenoxy) is 2. The molecule has 0 unspecified atom stereocenters. The lowest BCUT2D eigenvalue weighted by Gasteiger charge is -2.12. The quantitative estimate of drug-likeness (QED) is 0.0555. The molecular weight excluding hydrogens is 932 g/mol. The van der Waals surface area contributed by atoms with Gasteiger partial charge in [0.25, 0.3) is 11.8 Å². The van der Waals surface area contributed by atoms with Gasteiger partial charge in [-0.3, -0.25) is 19.0 Å². The Labute approximate surface area is 406 Å². The number of amides is 2. The van der Waals surface area contributed by atoms with E-state index in [-0.39, 0.29) is 70.4 Å². The van der Waals surface area contributed by atoms with E-state index in [0.29, 0.717) is 44.6 Å². The monoisotopic (exact) mass is 965 g/mol. The summed E-state index contributed by atoms with van der Waals surface area (Å²) in [4.78, 5) is 42.4. The molecule has 0 aliphatic carbocycles. The molecule has 0 radical (unpaired) electrons. The molecule has 19 nitrogen and oxygen atoms in total. The van der Waals surface area contributed by atoms with Crippen LogP contribution >= 0.6 is 0 Å². The normalized spacial score (nSPS) is 11.1. The van der Waals surface area contributed by atoms with Crippen LogP contribution in [-0.4, -0.2) is 51.3 Å². The number of hydrogen-bond donors (Lipinski definition) is 4. The minimum absolute atomic E-state index is 0.0233. The predicted octanol–water partition coefficient (Wildman–Crippen LogP) is 8.29. The van der Waals surface area contributed by atoms with Gasteiger partial charge in [0.1, 0.15) is 59.1 Å². The maximum Gasteiger partial charge on any atom is 0.416 e. The second-order valence-corrected chi connectivity index (χ2v) is 15.4. The van der Waals surface area contributed by atoms with Crippen molar-refractivity contribution in [1.29, 1.82) is 15.8 Å². The number of alkyl halides is 3. The van der Waals surface area contributed by atoms with Gasteiger partial charge in [0.15, 0.2) is 0 Å². The largest absolute Gasteiger partial charge is 0.438 e. The van der Waals surface area contributed by atoms with E-state index in [1.807, 2.05) is 6.07 Å². The minimum Gasteiger partial charge on any atom is -0.438 e. The van der Waals surface area contributed by atoms with E-state index in [9.17, 15) is 33.3 Å². The molecule has 22 heteroatoms. The number of nitrogens with two attached hydrogens (primary N) is 2. The Morgan fingerprint density at radius 1 is 0.708 bits per heavy atom. The van der Waals surface area contributed by atoms with E-state index in [0.717, 1.165) is 12.1 Å². The van der Waals surface area contributed by atoms with Crippen molar-refractivity contribution in [2.75, 3.05) is 22.1 Å². The van der Waals surface area contributed by atoms with Gasteiger partial charge in [0.2, 0.25) is 11.8 Å². The zero-order valence-corrected chi connectivity index (χ0v) is 37.2. The molecule has 0 aliphatic rings. The molecule has 8 rings (SSSR count). The number of nitrogens with one attached hydrogen (secondary N) is 2. The number of nitrogen functional groups attached to an aromatic ring is 2. The molecule has 8 aromatic rings. The summed E-state index contributed by atoms with van der Waals surface area (Å²) in [7, 11) is 0. The molecule has 0 fully saturated rings. The summed E-state index contributed by atoms with van der Waals surface area (Å²) in [6, 6.07) is 28.1. The van der Waals surface area contributed by atoms with Gasteiger partial charge < -0.3 is 31.6 Å². The lowest BCUT2D eigenvalue weighted by molar-refractivity contribution is -0.137. The summed E-state index contributed by atoms with van der Waals surface area (Å²) in [6.45, 7) is 3.52. The number of halogens is 3. The average Bonchev–Trinajstić information content (AvgIpc) is 4.02. The molecule has 4 heterocycles. The van der Waals surface area contributed by atoms with Crippen molar-refractivity contribution >= 4 is 40.9 Å². The smallest absolute Gasteiger partial charge is 0.416 e. The van der Waals surface area contributed by atoms with E-state index in [2.05, 4.69) is 53.4 Å². The first-order valence-electron chi connectivity index (χ1n) is 21.0. The Morgan fingerprint density at radius 3 is 1.83 bits per heavy atom. The first kappa shape index (κ1) is 47.8. The topological polar surface area (TPSA) is 287 Å². The number of benzene rings is 4. The van der Waals surface area contributed by atoms with Crippen molar-refractivity contribution in [2.24, 2.45) is 0 Å². The molecule has 4 aromatic carbocycles. The molecule has 0 aliphatic heterocycles. The molecular formula is C50H34F3N15O4. The van der Waals surface area contributed by atoms with E-state index in [1.54, 1.807) is 79.1 Å². The van der Waals surface area contributed by atoms with Gasteiger partial charge >= 0.3 is 6.18 Å². The fourth-order valence-electron chi connectivity index (χ4n) is 7.04. The molecule has 0 atom stereocenters. The average molecular weight is 966 g/mol. The van der Waals surface area contributed by atoms with Crippen LogP contribution in [0.2, 0.25) is 0 Å². The van der Waals surface area contributed by atoms with Crippen LogP contribution in [-0.2, 0) is 28.9 Å². The zero-order chi connectivity index (χ0) is 50.9. The molecule has 0 saturated heterocycles. The zero-order valence-electron chi connectivity index (χ0n) is 37.2. The van der Waals surface area contributed by atoms with Gasteiger partial charge in [-0.1, -0.05) is 36.9 Å². The first-order chi connectivity index (χ1) is 34.7. The van der Waals surface area contributed by atoms with Gasteiger partial charge in [-0.25, -0.2) is 19.9 Å². The van der Waals surface area contributed by atoms with Crippen LogP contribution in [0.5, 0.6) is 23.3 Å². The van der Waals surface area contributed by atoms with Crippen molar-refractivity contribution in [3.8, 4) is 63.7 Å². The summed E-state index contributed by atoms with van der Waals surface area (Å²) < 4.78 is 55.1. The van der Waals surface area contributed by atoms with Crippen molar-refractivity contribution in [3.63, 3.8) is 0 Å². The molecule has 2 amide bonds. The third-order valence-corrected chi connectivity index (χ3v) is 10.4. The van der Waals surface area contributed by atoms with Crippen LogP contribution in [0.3, 0.4) is 0 Å². The molecule has 0 spiro atoms. The number of nitriles is 3. The number of nitrogens with zero attached hydrogens (tertiary/aromatic N) is 11. The maximum absolute atomic E-state index is 13.5. The van der Waals surface area contributed by atoms with E-state index >= 15 is 0 Å². The Hall–Kier alpha value is -10.7. The SMILES string of the molecule is C=C(C#N)C(=O)Nc1cccc(Oc2ncnc(N)c2-c2cnn(Cc3cc(/C=C(\C#N)C(=O)Nc4cccc(Oc5ncnc(N)c5-c5cnn(Cc6cccc(C(F)(F)F)c6)c5)c4)ccc3C#N)c2)c1. The van der Waals surface area contributed by atoms with Gasteiger partial charge in [0.05, 0.1) is 53.8 Å². The number of carbonyl (C=O) groups is 2. The molecule has 6 N–H and O–H groups in total. The number of anilines is 4. The Balaban J connectivity index is 0.956. The summed E-state index contributed by atoms with van der Waals surface area (Å²) in [5.41, 5.74) is 14.9. The van der Waals surface area contributed by atoms with E-state index in [1.165, 1.54) is 58.7 Å². The highest BCUT2D eigenvalue weighted by Crippen LogP contribution is 2.37. The molecule has 354 valence electrons.